The van der Waals surface area contributed by atoms with Crippen molar-refractivity contribution in [2.24, 2.45) is 5.92 Å². The van der Waals surface area contributed by atoms with Crippen LogP contribution in [0.4, 0.5) is 0 Å². The Morgan fingerprint density at radius 2 is 1.83 bits per heavy atom. The standard InChI is InChI=1S/C16H22O2/c1-3-11(2)12-4-6-13(7-5-12)15(10-16(17)18)14-8-9-14/h4-7,11,14-15H,3,8-10H2,1-2H3,(H,17,18). The Morgan fingerprint density at radius 3 is 2.28 bits per heavy atom. The maximum Gasteiger partial charge on any atom is 0.303 e. The molecule has 0 bridgehead atoms. The van der Waals surface area contributed by atoms with Crippen LogP contribution < -0.4 is 0 Å². The first-order chi connectivity index (χ1) is 8.61. The molecule has 18 heavy (non-hydrogen) atoms. The number of hydrogen-bond acceptors (Lipinski definition) is 1. The average Bonchev–Trinajstić information content (AvgIpc) is 3.19. The lowest BCUT2D eigenvalue weighted by molar-refractivity contribution is -0.137. The van der Waals surface area contributed by atoms with Crippen LogP contribution in [0.25, 0.3) is 0 Å². The second-order valence-corrected chi connectivity index (χ2v) is 5.52. The van der Waals surface area contributed by atoms with Crippen LogP contribution in [-0.2, 0) is 4.79 Å². The van der Waals surface area contributed by atoms with E-state index in [1.807, 2.05) is 0 Å². The topological polar surface area (TPSA) is 37.3 Å². The molecular formula is C16H22O2. The van der Waals surface area contributed by atoms with Crippen molar-refractivity contribution in [2.45, 2.75) is 51.4 Å². The van der Waals surface area contributed by atoms with Crippen LogP contribution in [0.1, 0.15) is 62.5 Å². The van der Waals surface area contributed by atoms with Crippen molar-refractivity contribution in [3.05, 3.63) is 35.4 Å². The van der Waals surface area contributed by atoms with E-state index in [9.17, 15) is 4.79 Å². The summed E-state index contributed by atoms with van der Waals surface area (Å²) in [6.07, 6.45) is 3.78. The maximum absolute atomic E-state index is 10.9. The van der Waals surface area contributed by atoms with Crippen molar-refractivity contribution in [1.29, 1.82) is 0 Å². The fourth-order valence-corrected chi connectivity index (χ4v) is 2.55. The van der Waals surface area contributed by atoms with Gasteiger partial charge in [-0.2, -0.15) is 0 Å². The van der Waals surface area contributed by atoms with Crippen molar-refractivity contribution in [3.63, 3.8) is 0 Å². The van der Waals surface area contributed by atoms with Crippen molar-refractivity contribution in [3.8, 4) is 0 Å². The fraction of sp³-hybridized carbons (Fsp3) is 0.562. The summed E-state index contributed by atoms with van der Waals surface area (Å²) in [7, 11) is 0. The zero-order valence-corrected chi connectivity index (χ0v) is 11.2. The molecule has 1 aromatic rings. The number of rotatable bonds is 6. The minimum absolute atomic E-state index is 0.216. The molecule has 2 unspecified atom stereocenters. The highest BCUT2D eigenvalue weighted by Gasteiger charge is 2.33. The third kappa shape index (κ3) is 3.12. The van der Waals surface area contributed by atoms with Gasteiger partial charge in [0.2, 0.25) is 0 Å². The van der Waals surface area contributed by atoms with Crippen molar-refractivity contribution in [2.75, 3.05) is 0 Å². The molecule has 1 fully saturated rings. The summed E-state index contributed by atoms with van der Waals surface area (Å²) < 4.78 is 0. The minimum atomic E-state index is -0.682. The highest BCUT2D eigenvalue weighted by atomic mass is 16.4. The molecule has 1 aliphatic carbocycles. The Hall–Kier alpha value is -1.31. The Morgan fingerprint density at radius 1 is 1.28 bits per heavy atom. The summed E-state index contributed by atoms with van der Waals surface area (Å²) in [6, 6.07) is 8.60. The van der Waals surface area contributed by atoms with Crippen LogP contribution >= 0.6 is 0 Å². The fourth-order valence-electron chi connectivity index (χ4n) is 2.55. The molecule has 0 aromatic heterocycles. The number of aliphatic carboxylic acids is 1. The van der Waals surface area contributed by atoms with E-state index in [2.05, 4.69) is 38.1 Å². The van der Waals surface area contributed by atoms with Gasteiger partial charge in [-0.3, -0.25) is 4.79 Å². The molecule has 1 aromatic carbocycles. The molecule has 0 spiro atoms. The van der Waals surface area contributed by atoms with E-state index in [-0.39, 0.29) is 12.3 Å². The lowest BCUT2D eigenvalue weighted by atomic mass is 9.89. The van der Waals surface area contributed by atoms with Gasteiger partial charge in [-0.05, 0) is 48.1 Å². The smallest absolute Gasteiger partial charge is 0.303 e. The molecule has 2 heteroatoms. The van der Waals surface area contributed by atoms with Crippen LogP contribution in [-0.4, -0.2) is 11.1 Å². The third-order valence-corrected chi connectivity index (χ3v) is 4.13. The van der Waals surface area contributed by atoms with Gasteiger partial charge in [0.1, 0.15) is 0 Å². The quantitative estimate of drug-likeness (QED) is 0.818. The van der Waals surface area contributed by atoms with E-state index in [1.165, 1.54) is 24.0 Å². The Bertz CT molecular complexity index is 404. The van der Waals surface area contributed by atoms with E-state index in [1.54, 1.807) is 0 Å². The molecule has 0 heterocycles. The van der Waals surface area contributed by atoms with Crippen LogP contribution in [0.15, 0.2) is 24.3 Å². The van der Waals surface area contributed by atoms with Crippen molar-refractivity contribution in [1.82, 2.24) is 0 Å². The predicted octanol–water partition coefficient (Wildman–Crippen LogP) is 4.17. The first-order valence-electron chi connectivity index (χ1n) is 6.93. The Kier molecular flexibility index (Phi) is 4.05. The highest BCUT2D eigenvalue weighted by molar-refractivity contribution is 5.68. The van der Waals surface area contributed by atoms with Gasteiger partial charge in [0, 0.05) is 0 Å². The van der Waals surface area contributed by atoms with E-state index in [4.69, 9.17) is 5.11 Å². The number of benzene rings is 1. The molecule has 0 saturated heterocycles. The lowest BCUT2D eigenvalue weighted by Gasteiger charge is -2.16. The average molecular weight is 246 g/mol. The summed E-state index contributed by atoms with van der Waals surface area (Å²) in [5.74, 6) is 0.708. The van der Waals surface area contributed by atoms with Gasteiger partial charge in [0.25, 0.3) is 0 Å². The molecule has 0 amide bonds. The van der Waals surface area contributed by atoms with Gasteiger partial charge in [0.15, 0.2) is 0 Å². The van der Waals surface area contributed by atoms with Gasteiger partial charge >= 0.3 is 5.97 Å². The highest BCUT2D eigenvalue weighted by Crippen LogP contribution is 2.44. The summed E-state index contributed by atoms with van der Waals surface area (Å²) in [5.41, 5.74) is 2.55. The summed E-state index contributed by atoms with van der Waals surface area (Å²) in [6.45, 7) is 4.42. The summed E-state index contributed by atoms with van der Waals surface area (Å²) >= 11 is 0. The van der Waals surface area contributed by atoms with Crippen LogP contribution in [0.2, 0.25) is 0 Å². The van der Waals surface area contributed by atoms with Crippen LogP contribution in [0, 0.1) is 5.92 Å². The third-order valence-electron chi connectivity index (χ3n) is 4.13. The maximum atomic E-state index is 10.9. The number of hydrogen-bond donors (Lipinski definition) is 1. The predicted molar refractivity (Wildman–Crippen MR) is 72.9 cm³/mol. The molecule has 2 nitrogen and oxygen atoms in total. The Labute approximate surface area is 109 Å². The van der Waals surface area contributed by atoms with E-state index in [0.717, 1.165) is 6.42 Å². The number of carbonyl (C=O) groups is 1. The van der Waals surface area contributed by atoms with E-state index >= 15 is 0 Å². The monoisotopic (exact) mass is 246 g/mol. The molecule has 0 radical (unpaired) electrons. The SMILES string of the molecule is CCC(C)c1ccc(C(CC(=O)O)C2CC2)cc1. The lowest BCUT2D eigenvalue weighted by Crippen LogP contribution is -2.08. The first-order valence-corrected chi connectivity index (χ1v) is 6.93. The van der Waals surface area contributed by atoms with E-state index < -0.39 is 5.97 Å². The second kappa shape index (κ2) is 5.55. The normalized spacial score (nSPS) is 18.3. The molecule has 2 atom stereocenters. The zero-order chi connectivity index (χ0) is 13.1. The number of carboxylic acid groups (broad SMARTS) is 1. The van der Waals surface area contributed by atoms with Crippen molar-refractivity contribution < 1.29 is 9.90 Å². The first kappa shape index (κ1) is 13.1. The molecule has 2 rings (SSSR count). The summed E-state index contributed by atoms with van der Waals surface area (Å²) in [5, 5.41) is 9.00. The largest absolute Gasteiger partial charge is 0.481 e. The van der Waals surface area contributed by atoms with Gasteiger partial charge in [0.05, 0.1) is 6.42 Å². The number of carboxylic acids is 1. The van der Waals surface area contributed by atoms with Gasteiger partial charge in [-0.1, -0.05) is 38.1 Å². The van der Waals surface area contributed by atoms with Crippen molar-refractivity contribution >= 4 is 5.97 Å². The van der Waals surface area contributed by atoms with Crippen LogP contribution in [0.3, 0.4) is 0 Å². The molecular weight excluding hydrogens is 224 g/mol. The molecule has 98 valence electrons. The molecule has 1 N–H and O–H groups in total. The van der Waals surface area contributed by atoms with Gasteiger partial charge < -0.3 is 5.11 Å². The van der Waals surface area contributed by atoms with Gasteiger partial charge in [-0.15, -0.1) is 0 Å². The second-order valence-electron chi connectivity index (χ2n) is 5.52. The summed E-state index contributed by atoms with van der Waals surface area (Å²) in [4.78, 5) is 10.9. The minimum Gasteiger partial charge on any atom is -0.481 e. The van der Waals surface area contributed by atoms with E-state index in [0.29, 0.717) is 11.8 Å². The molecule has 1 saturated carbocycles. The molecule has 1 aliphatic rings. The van der Waals surface area contributed by atoms with Gasteiger partial charge in [-0.25, -0.2) is 0 Å². The van der Waals surface area contributed by atoms with Crippen LogP contribution in [0.5, 0.6) is 0 Å². The Balaban J connectivity index is 2.13. The molecule has 0 aliphatic heterocycles. The zero-order valence-electron chi connectivity index (χ0n) is 11.2.